The number of rotatable bonds is 0. The van der Waals surface area contributed by atoms with E-state index in [2.05, 4.69) is 20.8 Å². The molecular weight excluding hydrogens is 194 g/mol. The van der Waals surface area contributed by atoms with Crippen molar-refractivity contribution in [2.24, 2.45) is 16.7 Å². The molecule has 2 rings (SSSR count). The first kappa shape index (κ1) is 10.5. The zero-order valence-corrected chi connectivity index (χ0v) is 9.41. The van der Waals surface area contributed by atoms with E-state index in [1.54, 1.807) is 0 Å². The Morgan fingerprint density at radius 2 is 2.13 bits per heavy atom. The summed E-state index contributed by atoms with van der Waals surface area (Å²) in [5.41, 5.74) is -0.113. The maximum absolute atomic E-state index is 11.5. The fraction of sp³-hybridized carbons (Fsp3) is 0.818. The highest BCUT2D eigenvalue weighted by Gasteiger charge is 2.64. The van der Waals surface area contributed by atoms with Crippen molar-refractivity contribution in [3.63, 3.8) is 0 Å². The first-order chi connectivity index (χ1) is 6.78. The van der Waals surface area contributed by atoms with Gasteiger partial charge in [-0.05, 0) is 5.41 Å². The number of fused-ring (bicyclic) bond motifs is 1. The molecule has 1 aliphatic carbocycles. The minimum atomic E-state index is -0.902. The first-order valence-corrected chi connectivity index (χ1v) is 5.28. The number of amides is 1. The third-order valence-corrected chi connectivity index (χ3v) is 4.19. The number of hydrogen-bond donors (Lipinski definition) is 1. The van der Waals surface area contributed by atoms with Gasteiger partial charge in [-0.2, -0.15) is 0 Å². The van der Waals surface area contributed by atoms with E-state index in [9.17, 15) is 9.59 Å². The van der Waals surface area contributed by atoms with Crippen LogP contribution in [0.25, 0.3) is 0 Å². The molecule has 4 nitrogen and oxygen atoms in total. The van der Waals surface area contributed by atoms with E-state index in [0.717, 1.165) is 0 Å². The molecule has 1 amide bonds. The summed E-state index contributed by atoms with van der Waals surface area (Å²) in [5, 5.41) is 8.96. The molecule has 0 radical (unpaired) electrons. The number of likely N-dealkylation sites (tertiary alicyclic amines) is 1. The second-order valence-corrected chi connectivity index (χ2v) is 5.76. The Balaban J connectivity index is 2.28. The fourth-order valence-corrected chi connectivity index (χ4v) is 2.97. The molecule has 1 saturated carbocycles. The van der Waals surface area contributed by atoms with Crippen LogP contribution in [0.1, 0.15) is 27.2 Å². The van der Waals surface area contributed by atoms with Gasteiger partial charge in [-0.1, -0.05) is 20.8 Å². The Labute approximate surface area is 89.3 Å². The smallest absolute Gasteiger partial charge is 0.407 e. The first-order valence-electron chi connectivity index (χ1n) is 5.28. The molecule has 0 unspecified atom stereocenters. The van der Waals surface area contributed by atoms with E-state index in [1.807, 2.05) is 0 Å². The monoisotopic (exact) mass is 211 g/mol. The average molecular weight is 211 g/mol. The summed E-state index contributed by atoms with van der Waals surface area (Å²) in [6.45, 7) is 7.20. The topological polar surface area (TPSA) is 57.6 Å². The summed E-state index contributed by atoms with van der Waals surface area (Å²) in [6.07, 6.45) is -0.355. The Kier molecular flexibility index (Phi) is 1.91. The number of carbonyl (C=O) groups excluding carboxylic acids is 1. The van der Waals surface area contributed by atoms with Crippen molar-refractivity contribution >= 4 is 11.9 Å². The molecule has 0 aromatic rings. The molecular formula is C11H17NO3. The largest absolute Gasteiger partial charge is 0.465 e. The lowest BCUT2D eigenvalue weighted by atomic mass is 9.50. The number of nitrogens with zero attached hydrogens (tertiary/aromatic N) is 1. The van der Waals surface area contributed by atoms with Gasteiger partial charge in [0, 0.05) is 30.8 Å². The summed E-state index contributed by atoms with van der Waals surface area (Å²) in [4.78, 5) is 23.8. The zero-order chi connectivity index (χ0) is 11.4. The molecule has 84 valence electrons. The number of hydrogen-bond acceptors (Lipinski definition) is 2. The zero-order valence-electron chi connectivity index (χ0n) is 9.41. The lowest BCUT2D eigenvalue weighted by Crippen LogP contribution is -2.55. The Bertz CT molecular complexity index is 331. The number of carboxylic acid groups (broad SMARTS) is 1. The summed E-state index contributed by atoms with van der Waals surface area (Å²) in [7, 11) is 0. The Morgan fingerprint density at radius 3 is 2.47 bits per heavy atom. The van der Waals surface area contributed by atoms with Gasteiger partial charge < -0.3 is 10.0 Å². The highest BCUT2D eigenvalue weighted by atomic mass is 16.4. The van der Waals surface area contributed by atoms with Crippen molar-refractivity contribution in [2.45, 2.75) is 27.2 Å². The van der Waals surface area contributed by atoms with Gasteiger partial charge in [-0.25, -0.2) is 4.79 Å². The van der Waals surface area contributed by atoms with Crippen LogP contribution in [-0.4, -0.2) is 35.0 Å². The maximum atomic E-state index is 11.5. The van der Waals surface area contributed by atoms with Gasteiger partial charge in [0.25, 0.3) is 0 Å². The third-order valence-electron chi connectivity index (χ3n) is 4.19. The number of carbonyl (C=O) groups is 2. The van der Waals surface area contributed by atoms with Crippen LogP contribution >= 0.6 is 0 Å². The molecule has 4 heteroatoms. The van der Waals surface area contributed by atoms with Crippen molar-refractivity contribution in [1.29, 1.82) is 0 Å². The van der Waals surface area contributed by atoms with Gasteiger partial charge in [-0.15, -0.1) is 0 Å². The summed E-state index contributed by atoms with van der Waals surface area (Å²) >= 11 is 0. The quantitative estimate of drug-likeness (QED) is 0.662. The molecule has 1 heterocycles. The van der Waals surface area contributed by atoms with Gasteiger partial charge in [0.05, 0.1) is 0 Å². The minimum absolute atomic E-state index is 0.00419. The normalized spacial score (nSPS) is 35.0. The predicted octanol–water partition coefficient (Wildman–Crippen LogP) is 1.60. The Morgan fingerprint density at radius 1 is 1.53 bits per heavy atom. The SMILES string of the molecule is CC(C)(C)[C@]12CC(=O)[C@H]1CN(C(=O)O)C2. The van der Waals surface area contributed by atoms with Crippen molar-refractivity contribution in [1.82, 2.24) is 4.90 Å². The second-order valence-electron chi connectivity index (χ2n) is 5.76. The lowest BCUT2D eigenvalue weighted by Gasteiger charge is -2.51. The molecule has 2 fully saturated rings. The van der Waals surface area contributed by atoms with Gasteiger partial charge in [0.1, 0.15) is 5.78 Å². The van der Waals surface area contributed by atoms with E-state index < -0.39 is 6.09 Å². The highest BCUT2D eigenvalue weighted by molar-refractivity contribution is 5.91. The van der Waals surface area contributed by atoms with E-state index in [0.29, 0.717) is 19.5 Å². The second kappa shape index (κ2) is 2.74. The number of ketones is 1. The van der Waals surface area contributed by atoms with E-state index in [4.69, 9.17) is 5.11 Å². The van der Waals surface area contributed by atoms with Crippen molar-refractivity contribution in [2.75, 3.05) is 13.1 Å². The Hall–Kier alpha value is -1.06. The molecule has 1 aliphatic heterocycles. The van der Waals surface area contributed by atoms with Gasteiger partial charge in [-0.3, -0.25) is 4.79 Å². The minimum Gasteiger partial charge on any atom is -0.465 e. The molecule has 2 atom stereocenters. The summed E-state index contributed by atoms with van der Waals surface area (Å²) in [6, 6.07) is 0. The van der Waals surface area contributed by atoms with Crippen LogP contribution < -0.4 is 0 Å². The summed E-state index contributed by atoms with van der Waals surface area (Å²) < 4.78 is 0. The molecule has 0 spiro atoms. The lowest BCUT2D eigenvalue weighted by molar-refractivity contribution is -0.147. The van der Waals surface area contributed by atoms with Gasteiger partial charge in [0.15, 0.2) is 0 Å². The van der Waals surface area contributed by atoms with Crippen LogP contribution in [0.4, 0.5) is 4.79 Å². The molecule has 15 heavy (non-hydrogen) atoms. The maximum Gasteiger partial charge on any atom is 0.407 e. The van der Waals surface area contributed by atoms with Crippen molar-refractivity contribution in [3.05, 3.63) is 0 Å². The van der Waals surface area contributed by atoms with E-state index >= 15 is 0 Å². The average Bonchev–Trinajstić information content (AvgIpc) is 2.37. The molecule has 2 aliphatic rings. The highest BCUT2D eigenvalue weighted by Crippen LogP contribution is 2.59. The third kappa shape index (κ3) is 1.20. The predicted molar refractivity (Wildman–Crippen MR) is 54.6 cm³/mol. The van der Waals surface area contributed by atoms with E-state index in [1.165, 1.54) is 4.90 Å². The van der Waals surface area contributed by atoms with Gasteiger partial charge >= 0.3 is 6.09 Å². The van der Waals surface area contributed by atoms with Crippen molar-refractivity contribution < 1.29 is 14.7 Å². The molecule has 0 aromatic carbocycles. The molecule has 1 N–H and O–H groups in total. The molecule has 1 saturated heterocycles. The van der Waals surface area contributed by atoms with Crippen LogP contribution in [0, 0.1) is 16.7 Å². The fourth-order valence-electron chi connectivity index (χ4n) is 2.97. The van der Waals surface area contributed by atoms with Crippen LogP contribution in [0.2, 0.25) is 0 Å². The molecule has 0 aromatic heterocycles. The van der Waals surface area contributed by atoms with Crippen LogP contribution in [0.5, 0.6) is 0 Å². The standard InChI is InChI=1S/C11H17NO3/c1-10(2,3)11-4-8(13)7(11)5-12(6-11)9(14)15/h7H,4-6H2,1-3H3,(H,14,15)/t7-,11+/m1/s1. The molecule has 0 bridgehead atoms. The van der Waals surface area contributed by atoms with Gasteiger partial charge in [0.2, 0.25) is 0 Å². The summed E-state index contributed by atoms with van der Waals surface area (Å²) in [5.74, 6) is 0.169. The van der Waals surface area contributed by atoms with Crippen LogP contribution in [-0.2, 0) is 4.79 Å². The van der Waals surface area contributed by atoms with Crippen LogP contribution in [0.15, 0.2) is 0 Å². The van der Waals surface area contributed by atoms with Crippen molar-refractivity contribution in [3.8, 4) is 0 Å². The van der Waals surface area contributed by atoms with E-state index in [-0.39, 0.29) is 22.5 Å². The van der Waals surface area contributed by atoms with Crippen LogP contribution in [0.3, 0.4) is 0 Å². The number of Topliss-reactive ketones (excluding diaryl/α,β-unsaturated/α-hetero) is 1.